The van der Waals surface area contributed by atoms with Gasteiger partial charge in [-0.15, -0.1) is 0 Å². The lowest BCUT2D eigenvalue weighted by atomic mass is 10.0. The Hall–Kier alpha value is -1.40. The number of carbonyl (C=O) groups is 2. The van der Waals surface area contributed by atoms with Crippen molar-refractivity contribution in [3.8, 4) is 0 Å². The summed E-state index contributed by atoms with van der Waals surface area (Å²) in [6.45, 7) is 4.94. The van der Waals surface area contributed by atoms with Crippen molar-refractivity contribution in [3.05, 3.63) is 12.2 Å². The van der Waals surface area contributed by atoms with E-state index in [1.165, 1.54) is 302 Å². The van der Waals surface area contributed by atoms with E-state index in [0.717, 1.165) is 38.5 Å². The predicted octanol–water partition coefficient (Wildman–Crippen LogP) is 20.4. The molecular weight excluding hydrogens is 875 g/mol. The van der Waals surface area contributed by atoms with Crippen molar-refractivity contribution in [2.45, 2.75) is 379 Å². The van der Waals surface area contributed by atoms with Gasteiger partial charge in [0.1, 0.15) is 0 Å². The first kappa shape index (κ1) is 69.6. The lowest BCUT2D eigenvalue weighted by molar-refractivity contribution is -0.143. The molecule has 0 saturated heterocycles. The number of amides is 1. The van der Waals surface area contributed by atoms with Gasteiger partial charge in [0.05, 0.1) is 25.4 Å². The van der Waals surface area contributed by atoms with E-state index in [1.807, 2.05) is 6.08 Å². The molecule has 0 aromatic rings. The van der Waals surface area contributed by atoms with E-state index in [0.29, 0.717) is 19.4 Å². The molecule has 0 bridgehead atoms. The number of aliphatic hydroxyl groups excluding tert-OH is 2. The van der Waals surface area contributed by atoms with Crippen LogP contribution in [-0.4, -0.2) is 47.4 Å². The van der Waals surface area contributed by atoms with Gasteiger partial charge >= 0.3 is 5.97 Å². The van der Waals surface area contributed by atoms with Gasteiger partial charge in [-0.3, -0.25) is 9.59 Å². The highest BCUT2D eigenvalue weighted by molar-refractivity contribution is 5.76. The number of aliphatic hydroxyl groups is 2. The number of carbonyl (C=O) groups excluding carboxylic acids is 2. The Balaban J connectivity index is 3.41. The van der Waals surface area contributed by atoms with Gasteiger partial charge in [-0.25, -0.2) is 0 Å². The second-order valence-electron chi connectivity index (χ2n) is 22.5. The van der Waals surface area contributed by atoms with Gasteiger partial charge in [-0.2, -0.15) is 0 Å². The van der Waals surface area contributed by atoms with Crippen LogP contribution in [-0.2, 0) is 14.3 Å². The molecule has 0 fully saturated rings. The zero-order valence-corrected chi connectivity index (χ0v) is 48.2. The topological polar surface area (TPSA) is 95.9 Å². The van der Waals surface area contributed by atoms with Gasteiger partial charge in [-0.05, 0) is 32.1 Å². The molecule has 0 radical (unpaired) electrons. The average Bonchev–Trinajstić information content (AvgIpc) is 3.37. The number of hydrogen-bond donors (Lipinski definition) is 3. The molecule has 1 amide bonds. The number of unbranched alkanes of at least 4 members (excludes halogenated alkanes) is 50. The van der Waals surface area contributed by atoms with E-state index in [1.54, 1.807) is 6.08 Å². The molecule has 6 heteroatoms. The van der Waals surface area contributed by atoms with Crippen molar-refractivity contribution in [1.29, 1.82) is 0 Å². The second-order valence-corrected chi connectivity index (χ2v) is 22.5. The minimum absolute atomic E-state index is 0.0122. The molecule has 0 aromatic carbocycles. The van der Waals surface area contributed by atoms with E-state index in [4.69, 9.17) is 4.74 Å². The third-order valence-electron chi connectivity index (χ3n) is 15.3. The SMILES string of the molecule is CCCCCCCCCCCCCCCCCCCC/C=C/C(O)C(CO)NC(=O)CCCCCCCCCCCCCCCCCCCCCOC(=O)CCCCCCCCCCCCCCCCC. The Labute approximate surface area is 444 Å². The molecule has 2 atom stereocenters. The van der Waals surface area contributed by atoms with E-state index < -0.39 is 12.1 Å². The van der Waals surface area contributed by atoms with E-state index in [2.05, 4.69) is 19.2 Å². The largest absolute Gasteiger partial charge is 0.466 e. The molecule has 0 rings (SSSR count). The van der Waals surface area contributed by atoms with Crippen molar-refractivity contribution >= 4 is 11.9 Å². The van der Waals surface area contributed by atoms with Crippen molar-refractivity contribution < 1.29 is 24.5 Å². The number of hydrogen-bond acceptors (Lipinski definition) is 5. The molecular formula is C65H127NO5. The van der Waals surface area contributed by atoms with Gasteiger partial charge in [0, 0.05) is 12.8 Å². The minimum Gasteiger partial charge on any atom is -0.466 e. The number of nitrogens with one attached hydrogen (secondary N) is 1. The Morgan fingerprint density at radius 3 is 0.958 bits per heavy atom. The van der Waals surface area contributed by atoms with Crippen molar-refractivity contribution in [3.63, 3.8) is 0 Å². The maximum absolute atomic E-state index is 12.5. The van der Waals surface area contributed by atoms with Crippen molar-refractivity contribution in [2.24, 2.45) is 0 Å². The lowest BCUT2D eigenvalue weighted by Crippen LogP contribution is -2.45. The first-order valence-corrected chi connectivity index (χ1v) is 32.5. The summed E-state index contributed by atoms with van der Waals surface area (Å²) < 4.78 is 5.49. The first-order valence-electron chi connectivity index (χ1n) is 32.5. The first-order chi connectivity index (χ1) is 35.0. The number of esters is 1. The van der Waals surface area contributed by atoms with Crippen molar-refractivity contribution in [1.82, 2.24) is 5.32 Å². The number of ether oxygens (including phenoxy) is 1. The van der Waals surface area contributed by atoms with Gasteiger partial charge in [-0.1, -0.05) is 334 Å². The van der Waals surface area contributed by atoms with Gasteiger partial charge in [0.2, 0.25) is 5.91 Å². The van der Waals surface area contributed by atoms with Gasteiger partial charge in [0.25, 0.3) is 0 Å². The molecule has 6 nitrogen and oxygen atoms in total. The molecule has 0 aliphatic heterocycles. The molecule has 0 heterocycles. The van der Waals surface area contributed by atoms with Crippen LogP contribution in [0, 0.1) is 0 Å². The molecule has 422 valence electrons. The summed E-state index contributed by atoms with van der Waals surface area (Å²) in [6.07, 6.45) is 74.0. The lowest BCUT2D eigenvalue weighted by Gasteiger charge is -2.20. The molecule has 0 spiro atoms. The highest BCUT2D eigenvalue weighted by Crippen LogP contribution is 2.18. The van der Waals surface area contributed by atoms with Crippen LogP contribution in [0.4, 0.5) is 0 Å². The fourth-order valence-corrected chi connectivity index (χ4v) is 10.3. The van der Waals surface area contributed by atoms with Crippen LogP contribution in [0.3, 0.4) is 0 Å². The van der Waals surface area contributed by atoms with E-state index in [-0.39, 0.29) is 18.5 Å². The Bertz CT molecular complexity index is 1060. The predicted molar refractivity (Wildman–Crippen MR) is 310 cm³/mol. The summed E-state index contributed by atoms with van der Waals surface area (Å²) in [5, 5.41) is 23.2. The van der Waals surface area contributed by atoms with Crippen LogP contribution < -0.4 is 5.32 Å². The summed E-state index contributed by atoms with van der Waals surface area (Å²) in [7, 11) is 0. The fraction of sp³-hybridized carbons (Fsp3) is 0.938. The van der Waals surface area contributed by atoms with Crippen LogP contribution in [0.25, 0.3) is 0 Å². The molecule has 0 saturated carbocycles. The standard InChI is InChI=1S/C65H127NO5/c1-3-5-7-9-11-13-15-17-19-20-21-23-26-30-33-37-41-45-49-53-57-63(68)62(61-67)66-64(69)58-54-50-46-42-38-34-31-27-24-22-25-28-32-36-40-44-48-52-56-60-71-65(70)59-55-51-47-43-39-35-29-18-16-14-12-10-8-6-4-2/h53,57,62-63,67-68H,3-52,54-56,58-61H2,1-2H3,(H,66,69)/b57-53+. The summed E-state index contributed by atoms with van der Waals surface area (Å²) in [6, 6.07) is -0.630. The Morgan fingerprint density at radius 2 is 0.648 bits per heavy atom. The fourth-order valence-electron chi connectivity index (χ4n) is 10.3. The van der Waals surface area contributed by atoms with Crippen LogP contribution in [0.2, 0.25) is 0 Å². The van der Waals surface area contributed by atoms with Gasteiger partial charge < -0.3 is 20.3 Å². The number of rotatable bonds is 61. The summed E-state index contributed by atoms with van der Waals surface area (Å²) in [5.74, 6) is -0.0547. The highest BCUT2D eigenvalue weighted by Gasteiger charge is 2.18. The zero-order valence-electron chi connectivity index (χ0n) is 48.2. The second kappa shape index (κ2) is 61.1. The Kier molecular flexibility index (Phi) is 59.9. The normalized spacial score (nSPS) is 12.6. The maximum Gasteiger partial charge on any atom is 0.305 e. The molecule has 2 unspecified atom stereocenters. The van der Waals surface area contributed by atoms with Crippen LogP contribution in [0.5, 0.6) is 0 Å². The highest BCUT2D eigenvalue weighted by atomic mass is 16.5. The van der Waals surface area contributed by atoms with E-state index in [9.17, 15) is 19.8 Å². The monoisotopic (exact) mass is 1000 g/mol. The maximum atomic E-state index is 12.5. The quantitative estimate of drug-likeness (QED) is 0.0320. The molecule has 0 aromatic heterocycles. The molecule has 0 aliphatic carbocycles. The average molecular weight is 1000 g/mol. The third kappa shape index (κ3) is 57.7. The number of allylic oxidation sites excluding steroid dienone is 1. The summed E-state index contributed by atoms with van der Waals surface area (Å²) >= 11 is 0. The molecule has 3 N–H and O–H groups in total. The summed E-state index contributed by atoms with van der Waals surface area (Å²) in [5.41, 5.74) is 0. The smallest absolute Gasteiger partial charge is 0.305 e. The Morgan fingerprint density at radius 1 is 0.380 bits per heavy atom. The minimum atomic E-state index is -0.846. The van der Waals surface area contributed by atoms with Gasteiger partial charge in [0.15, 0.2) is 0 Å². The molecule has 71 heavy (non-hydrogen) atoms. The van der Waals surface area contributed by atoms with Crippen LogP contribution in [0.15, 0.2) is 12.2 Å². The van der Waals surface area contributed by atoms with Crippen molar-refractivity contribution in [2.75, 3.05) is 13.2 Å². The summed E-state index contributed by atoms with van der Waals surface area (Å²) in [4.78, 5) is 24.6. The third-order valence-corrected chi connectivity index (χ3v) is 15.3. The van der Waals surface area contributed by atoms with Crippen LogP contribution >= 0.6 is 0 Å². The molecule has 0 aliphatic rings. The van der Waals surface area contributed by atoms with E-state index >= 15 is 0 Å². The van der Waals surface area contributed by atoms with Crippen LogP contribution in [0.1, 0.15) is 367 Å². The zero-order chi connectivity index (χ0) is 51.4.